The van der Waals surface area contributed by atoms with Crippen LogP contribution in [0.15, 0.2) is 18.2 Å². The molecule has 0 radical (unpaired) electrons. The minimum Gasteiger partial charge on any atom is -0.464 e. The van der Waals surface area contributed by atoms with Crippen molar-refractivity contribution in [2.24, 2.45) is 5.73 Å². The van der Waals surface area contributed by atoms with Crippen LogP contribution in [0.1, 0.15) is 16.2 Å². The number of halogens is 2. The van der Waals surface area contributed by atoms with Crippen LogP contribution in [0.3, 0.4) is 0 Å². The monoisotopic (exact) mass is 252 g/mol. The van der Waals surface area contributed by atoms with Gasteiger partial charge in [0.25, 0.3) is 0 Å². The Hall–Kier alpha value is -0.840. The number of hydrogen-bond donors (Lipinski definition) is 1. The summed E-state index contributed by atoms with van der Waals surface area (Å²) in [4.78, 5) is 15.1. The summed E-state index contributed by atoms with van der Waals surface area (Å²) in [6.45, 7) is 0.525. The molecule has 0 amide bonds. The highest BCUT2D eigenvalue weighted by Crippen LogP contribution is 2.01. The van der Waals surface area contributed by atoms with Crippen molar-refractivity contribution in [3.8, 4) is 0 Å². The Morgan fingerprint density at radius 2 is 2.13 bits per heavy atom. The number of hydrogen-bond acceptors (Lipinski definition) is 4. The van der Waals surface area contributed by atoms with Crippen molar-refractivity contribution in [1.29, 1.82) is 0 Å². The first-order valence-corrected chi connectivity index (χ1v) is 4.02. The summed E-state index contributed by atoms with van der Waals surface area (Å²) in [6, 6.07) is 5.22. The van der Waals surface area contributed by atoms with Crippen LogP contribution in [0, 0.1) is 0 Å². The summed E-state index contributed by atoms with van der Waals surface area (Å²) in [5.74, 6) is -0.418. The molecular formula is C9H14Cl2N2O2. The van der Waals surface area contributed by atoms with Gasteiger partial charge in [-0.05, 0) is 18.7 Å². The topological polar surface area (TPSA) is 65.2 Å². The lowest BCUT2D eigenvalue weighted by molar-refractivity contribution is 0.0593. The van der Waals surface area contributed by atoms with E-state index in [4.69, 9.17) is 5.73 Å². The average Bonchev–Trinajstić information content (AvgIpc) is 2.18. The maximum Gasteiger partial charge on any atom is 0.356 e. The molecule has 0 spiro atoms. The number of pyridine rings is 1. The molecule has 2 N–H and O–H groups in total. The van der Waals surface area contributed by atoms with Gasteiger partial charge in [0.1, 0.15) is 5.69 Å². The highest BCUT2D eigenvalue weighted by Gasteiger charge is 2.06. The fourth-order valence-electron chi connectivity index (χ4n) is 0.985. The number of esters is 1. The predicted octanol–water partition coefficient (Wildman–Crippen LogP) is 1.21. The summed E-state index contributed by atoms with van der Waals surface area (Å²) in [6.07, 6.45) is 0.671. The molecule has 0 bridgehead atoms. The van der Waals surface area contributed by atoms with Crippen molar-refractivity contribution in [3.05, 3.63) is 29.6 Å². The standard InChI is InChI=1S/C9H12N2O2.2ClH/c1-13-9(12)8-4-2-3-7(11-8)5-6-10;;/h2-4H,5-6,10H2,1H3;2*1H. The lowest BCUT2D eigenvalue weighted by atomic mass is 10.2. The third kappa shape index (κ3) is 4.97. The van der Waals surface area contributed by atoms with Crippen molar-refractivity contribution in [3.63, 3.8) is 0 Å². The summed E-state index contributed by atoms with van der Waals surface area (Å²) < 4.78 is 4.54. The van der Waals surface area contributed by atoms with Gasteiger partial charge in [0.15, 0.2) is 0 Å². The zero-order chi connectivity index (χ0) is 9.68. The Bertz CT molecular complexity index is 308. The van der Waals surface area contributed by atoms with E-state index in [2.05, 4.69) is 9.72 Å². The zero-order valence-electron chi connectivity index (χ0n) is 8.30. The molecule has 1 aromatic rings. The zero-order valence-corrected chi connectivity index (χ0v) is 9.94. The van der Waals surface area contributed by atoms with Crippen molar-refractivity contribution >= 4 is 30.8 Å². The van der Waals surface area contributed by atoms with Crippen molar-refractivity contribution in [2.45, 2.75) is 6.42 Å². The van der Waals surface area contributed by atoms with Crippen molar-refractivity contribution in [2.75, 3.05) is 13.7 Å². The Labute approximate surface area is 101 Å². The Morgan fingerprint density at radius 3 is 2.67 bits per heavy atom. The molecule has 0 aliphatic heterocycles. The molecule has 15 heavy (non-hydrogen) atoms. The Balaban J connectivity index is 0. The second kappa shape index (κ2) is 8.47. The van der Waals surface area contributed by atoms with E-state index in [9.17, 15) is 4.79 Å². The third-order valence-electron chi connectivity index (χ3n) is 1.60. The molecule has 1 rings (SSSR count). The van der Waals surface area contributed by atoms with Crippen molar-refractivity contribution in [1.82, 2.24) is 4.98 Å². The normalized spacial score (nSPS) is 8.40. The van der Waals surface area contributed by atoms with Gasteiger partial charge in [-0.25, -0.2) is 9.78 Å². The van der Waals surface area contributed by atoms with E-state index in [1.54, 1.807) is 12.1 Å². The number of aromatic nitrogens is 1. The first-order chi connectivity index (χ1) is 6.27. The molecule has 0 fully saturated rings. The highest BCUT2D eigenvalue weighted by atomic mass is 35.5. The van der Waals surface area contributed by atoms with Crippen LogP contribution in [-0.2, 0) is 11.2 Å². The number of rotatable bonds is 3. The number of carbonyl (C=O) groups is 1. The first kappa shape index (κ1) is 16.6. The second-order valence-corrected chi connectivity index (χ2v) is 2.54. The van der Waals surface area contributed by atoms with Gasteiger partial charge in [-0.15, -0.1) is 24.8 Å². The lowest BCUT2D eigenvalue weighted by Crippen LogP contribution is -2.09. The van der Waals surface area contributed by atoms with E-state index in [1.807, 2.05) is 6.07 Å². The van der Waals surface area contributed by atoms with E-state index >= 15 is 0 Å². The molecule has 0 saturated heterocycles. The molecule has 0 saturated carbocycles. The van der Waals surface area contributed by atoms with Gasteiger partial charge in [-0.1, -0.05) is 6.07 Å². The summed E-state index contributed by atoms with van der Waals surface area (Å²) >= 11 is 0. The maximum absolute atomic E-state index is 11.1. The van der Waals surface area contributed by atoms with Crippen LogP contribution in [0.2, 0.25) is 0 Å². The number of nitrogens with two attached hydrogens (primary N) is 1. The van der Waals surface area contributed by atoms with E-state index < -0.39 is 5.97 Å². The Morgan fingerprint density at radius 1 is 1.47 bits per heavy atom. The predicted molar refractivity (Wildman–Crippen MR) is 62.8 cm³/mol. The van der Waals surface area contributed by atoms with Gasteiger partial charge >= 0.3 is 5.97 Å². The molecule has 86 valence electrons. The van der Waals surface area contributed by atoms with E-state index in [1.165, 1.54) is 7.11 Å². The largest absolute Gasteiger partial charge is 0.464 e. The molecule has 1 aromatic heterocycles. The molecule has 0 atom stereocenters. The SMILES string of the molecule is COC(=O)c1cccc(CCN)n1.Cl.Cl. The fraction of sp³-hybridized carbons (Fsp3) is 0.333. The molecule has 0 aromatic carbocycles. The van der Waals surface area contributed by atoms with Crippen molar-refractivity contribution < 1.29 is 9.53 Å². The molecule has 0 aliphatic carbocycles. The summed E-state index contributed by atoms with van der Waals surface area (Å²) in [7, 11) is 1.33. The van der Waals surface area contributed by atoms with Crippen LogP contribution < -0.4 is 5.73 Å². The lowest BCUT2D eigenvalue weighted by Gasteiger charge is -2.00. The van der Waals surface area contributed by atoms with E-state index in [0.717, 1.165) is 5.69 Å². The number of carbonyl (C=O) groups excluding carboxylic acids is 1. The molecule has 0 aliphatic rings. The minimum absolute atomic E-state index is 0. The van der Waals surface area contributed by atoms with Crippen LogP contribution in [0.25, 0.3) is 0 Å². The Kier molecular flexibility index (Phi) is 9.36. The summed E-state index contributed by atoms with van der Waals surface area (Å²) in [5, 5.41) is 0. The van der Waals surface area contributed by atoms with Gasteiger partial charge < -0.3 is 10.5 Å². The van der Waals surface area contributed by atoms with Crippen LogP contribution in [-0.4, -0.2) is 24.6 Å². The van der Waals surface area contributed by atoms with E-state index in [0.29, 0.717) is 18.7 Å². The van der Waals surface area contributed by atoms with Crippen LogP contribution in [0.4, 0.5) is 0 Å². The quantitative estimate of drug-likeness (QED) is 0.822. The fourth-order valence-corrected chi connectivity index (χ4v) is 0.985. The number of nitrogens with zero attached hydrogens (tertiary/aromatic N) is 1. The van der Waals surface area contributed by atoms with Gasteiger partial charge in [-0.3, -0.25) is 0 Å². The number of ether oxygens (including phenoxy) is 1. The van der Waals surface area contributed by atoms with E-state index in [-0.39, 0.29) is 24.8 Å². The van der Waals surface area contributed by atoms with Crippen LogP contribution >= 0.6 is 24.8 Å². The smallest absolute Gasteiger partial charge is 0.356 e. The minimum atomic E-state index is -0.418. The second-order valence-electron chi connectivity index (χ2n) is 2.54. The molecular weight excluding hydrogens is 239 g/mol. The van der Waals surface area contributed by atoms with Gasteiger partial charge in [0, 0.05) is 12.1 Å². The van der Waals surface area contributed by atoms with Gasteiger partial charge in [0.05, 0.1) is 7.11 Å². The first-order valence-electron chi connectivity index (χ1n) is 4.02. The molecule has 4 nitrogen and oxygen atoms in total. The van der Waals surface area contributed by atoms with Gasteiger partial charge in [0.2, 0.25) is 0 Å². The molecule has 1 heterocycles. The number of methoxy groups -OCH3 is 1. The molecule has 0 unspecified atom stereocenters. The third-order valence-corrected chi connectivity index (χ3v) is 1.60. The highest BCUT2D eigenvalue weighted by molar-refractivity contribution is 5.87. The maximum atomic E-state index is 11.1. The molecule has 6 heteroatoms. The van der Waals surface area contributed by atoms with Gasteiger partial charge in [-0.2, -0.15) is 0 Å². The summed E-state index contributed by atoms with van der Waals surface area (Å²) in [5.41, 5.74) is 6.50. The van der Waals surface area contributed by atoms with Crippen LogP contribution in [0.5, 0.6) is 0 Å². The average molecular weight is 253 g/mol.